The Morgan fingerprint density at radius 3 is 2.36 bits per heavy atom. The Balaban J connectivity index is 2.30. The highest BCUT2D eigenvalue weighted by molar-refractivity contribution is 5.83. The lowest BCUT2D eigenvalue weighted by Crippen LogP contribution is -2.36. The van der Waals surface area contributed by atoms with Gasteiger partial charge in [0.25, 0.3) is 0 Å². The van der Waals surface area contributed by atoms with Crippen molar-refractivity contribution in [3.05, 3.63) is 30.3 Å². The highest BCUT2D eigenvalue weighted by Gasteiger charge is 2.25. The molecule has 0 aliphatic carbocycles. The normalized spacial score (nSPS) is 21.4. The van der Waals surface area contributed by atoms with Crippen LogP contribution < -0.4 is 5.01 Å². The van der Waals surface area contributed by atoms with Crippen LogP contribution in [-0.2, 0) is 0 Å². The Labute approximate surface area is 84.6 Å². The van der Waals surface area contributed by atoms with Crippen LogP contribution >= 0.6 is 0 Å². The zero-order valence-electron chi connectivity index (χ0n) is 8.81. The number of para-hydroxylation sites is 1. The van der Waals surface area contributed by atoms with E-state index in [0.29, 0.717) is 6.17 Å². The molecule has 0 fully saturated rings. The largest absolute Gasteiger partial charge is 0.340 e. The summed E-state index contributed by atoms with van der Waals surface area (Å²) in [6.07, 6.45) is 0.303. The third kappa shape index (κ3) is 1.35. The summed E-state index contributed by atoms with van der Waals surface area (Å²) < 4.78 is 0. The first-order valence-corrected chi connectivity index (χ1v) is 4.82. The molecular weight excluding hydrogens is 174 g/mol. The van der Waals surface area contributed by atoms with Crippen molar-refractivity contribution in [1.82, 2.24) is 4.90 Å². The monoisotopic (exact) mass is 189 g/mol. The van der Waals surface area contributed by atoms with Crippen LogP contribution in [0.5, 0.6) is 0 Å². The fourth-order valence-electron chi connectivity index (χ4n) is 1.60. The SMILES string of the molecule is CC1=NN(c2ccccc2)C(C)N1C. The minimum atomic E-state index is 0.303. The van der Waals surface area contributed by atoms with Crippen molar-refractivity contribution < 1.29 is 0 Å². The number of hydrogen-bond donors (Lipinski definition) is 0. The number of anilines is 1. The number of nitrogens with zero attached hydrogens (tertiary/aromatic N) is 3. The number of hydrazone groups is 1. The fraction of sp³-hybridized carbons (Fsp3) is 0.364. The molecule has 1 aromatic carbocycles. The Hall–Kier alpha value is -1.51. The lowest BCUT2D eigenvalue weighted by atomic mass is 10.3. The Bertz CT molecular complexity index is 345. The van der Waals surface area contributed by atoms with Crippen molar-refractivity contribution >= 4 is 11.5 Å². The minimum absolute atomic E-state index is 0.303. The van der Waals surface area contributed by atoms with Gasteiger partial charge in [-0.3, -0.25) is 0 Å². The van der Waals surface area contributed by atoms with Crippen molar-refractivity contribution in [3.8, 4) is 0 Å². The van der Waals surface area contributed by atoms with Crippen LogP contribution in [0.25, 0.3) is 0 Å². The molecule has 0 N–H and O–H groups in total. The van der Waals surface area contributed by atoms with Gasteiger partial charge >= 0.3 is 0 Å². The molecule has 3 nitrogen and oxygen atoms in total. The van der Waals surface area contributed by atoms with Crippen LogP contribution in [0.3, 0.4) is 0 Å². The van der Waals surface area contributed by atoms with Crippen LogP contribution in [0.1, 0.15) is 13.8 Å². The van der Waals surface area contributed by atoms with Crippen molar-refractivity contribution in [3.63, 3.8) is 0 Å². The van der Waals surface area contributed by atoms with Crippen LogP contribution in [-0.4, -0.2) is 23.9 Å². The summed E-state index contributed by atoms with van der Waals surface area (Å²) in [5.41, 5.74) is 1.14. The molecule has 1 aliphatic heterocycles. The second-order valence-electron chi connectivity index (χ2n) is 3.57. The second kappa shape index (κ2) is 3.33. The van der Waals surface area contributed by atoms with Crippen molar-refractivity contribution in [2.45, 2.75) is 20.0 Å². The van der Waals surface area contributed by atoms with Gasteiger partial charge in [0.1, 0.15) is 12.0 Å². The first kappa shape index (κ1) is 9.06. The van der Waals surface area contributed by atoms with Gasteiger partial charge in [-0.2, -0.15) is 5.10 Å². The molecule has 1 aliphatic rings. The highest BCUT2D eigenvalue weighted by Crippen LogP contribution is 2.22. The number of hydrogen-bond acceptors (Lipinski definition) is 3. The molecule has 1 heterocycles. The smallest absolute Gasteiger partial charge is 0.123 e. The summed E-state index contributed by atoms with van der Waals surface area (Å²) in [4.78, 5) is 2.16. The average molecular weight is 189 g/mol. The molecular formula is C11H15N3. The first-order valence-electron chi connectivity index (χ1n) is 4.82. The van der Waals surface area contributed by atoms with Crippen molar-refractivity contribution in [1.29, 1.82) is 0 Å². The van der Waals surface area contributed by atoms with E-state index in [0.717, 1.165) is 11.5 Å². The second-order valence-corrected chi connectivity index (χ2v) is 3.57. The van der Waals surface area contributed by atoms with E-state index in [9.17, 15) is 0 Å². The van der Waals surface area contributed by atoms with E-state index < -0.39 is 0 Å². The van der Waals surface area contributed by atoms with Crippen LogP contribution in [0.2, 0.25) is 0 Å². The predicted molar refractivity (Wildman–Crippen MR) is 59.3 cm³/mol. The molecule has 0 amide bonds. The molecule has 2 rings (SSSR count). The Morgan fingerprint density at radius 1 is 1.21 bits per heavy atom. The summed E-state index contributed by atoms with van der Waals surface area (Å²) >= 11 is 0. The molecule has 0 saturated carbocycles. The van der Waals surface area contributed by atoms with E-state index in [-0.39, 0.29) is 0 Å². The maximum atomic E-state index is 4.50. The van der Waals surface area contributed by atoms with E-state index >= 15 is 0 Å². The first-order chi connectivity index (χ1) is 6.70. The van der Waals surface area contributed by atoms with E-state index in [4.69, 9.17) is 0 Å². The molecule has 14 heavy (non-hydrogen) atoms. The van der Waals surface area contributed by atoms with E-state index in [1.165, 1.54) is 0 Å². The number of amidine groups is 1. The number of benzene rings is 1. The van der Waals surface area contributed by atoms with E-state index in [2.05, 4.69) is 36.1 Å². The highest BCUT2D eigenvalue weighted by atomic mass is 15.6. The standard InChI is InChI=1S/C11H15N3/c1-9-12-14(10(2)13(9)3)11-7-5-4-6-8-11/h4-8,10H,1-3H3. The fourth-order valence-corrected chi connectivity index (χ4v) is 1.60. The van der Waals surface area contributed by atoms with Gasteiger partial charge in [0.15, 0.2) is 0 Å². The Morgan fingerprint density at radius 2 is 1.86 bits per heavy atom. The molecule has 0 bridgehead atoms. The summed E-state index contributed by atoms with van der Waals surface area (Å²) in [5, 5.41) is 6.53. The van der Waals surface area contributed by atoms with Gasteiger partial charge < -0.3 is 4.90 Å². The summed E-state index contributed by atoms with van der Waals surface area (Å²) in [6, 6.07) is 10.2. The molecule has 74 valence electrons. The zero-order chi connectivity index (χ0) is 10.1. The average Bonchev–Trinajstić information content (AvgIpc) is 2.47. The third-order valence-corrected chi connectivity index (χ3v) is 2.70. The molecule has 1 atom stereocenters. The van der Waals surface area contributed by atoms with Gasteiger partial charge in [-0.15, -0.1) is 0 Å². The molecule has 1 aromatic rings. The lowest BCUT2D eigenvalue weighted by Gasteiger charge is -2.24. The molecule has 0 spiro atoms. The predicted octanol–water partition coefficient (Wildman–Crippen LogP) is 2.12. The van der Waals surface area contributed by atoms with E-state index in [1.807, 2.05) is 30.1 Å². The van der Waals surface area contributed by atoms with Gasteiger partial charge in [-0.1, -0.05) is 18.2 Å². The summed E-state index contributed by atoms with van der Waals surface area (Å²) in [6.45, 7) is 4.17. The van der Waals surface area contributed by atoms with Gasteiger partial charge in [0.05, 0.1) is 5.69 Å². The lowest BCUT2D eigenvalue weighted by molar-refractivity contribution is 0.412. The van der Waals surface area contributed by atoms with Gasteiger partial charge in [0.2, 0.25) is 0 Å². The molecule has 1 unspecified atom stereocenters. The maximum absolute atomic E-state index is 4.50. The Kier molecular flexibility index (Phi) is 2.15. The molecule has 3 heteroatoms. The van der Waals surface area contributed by atoms with Gasteiger partial charge in [0, 0.05) is 7.05 Å². The molecule has 0 radical (unpaired) electrons. The zero-order valence-corrected chi connectivity index (χ0v) is 8.81. The summed E-state index contributed by atoms with van der Waals surface area (Å²) in [7, 11) is 2.06. The van der Waals surface area contributed by atoms with Gasteiger partial charge in [-0.25, -0.2) is 5.01 Å². The van der Waals surface area contributed by atoms with E-state index in [1.54, 1.807) is 0 Å². The van der Waals surface area contributed by atoms with Crippen LogP contribution in [0.4, 0.5) is 5.69 Å². The van der Waals surface area contributed by atoms with Gasteiger partial charge in [-0.05, 0) is 26.0 Å². The molecule has 0 aromatic heterocycles. The van der Waals surface area contributed by atoms with Crippen LogP contribution in [0, 0.1) is 0 Å². The molecule has 0 saturated heterocycles. The third-order valence-electron chi connectivity index (χ3n) is 2.70. The van der Waals surface area contributed by atoms with Crippen LogP contribution in [0.15, 0.2) is 35.4 Å². The maximum Gasteiger partial charge on any atom is 0.123 e. The van der Waals surface area contributed by atoms with Crippen molar-refractivity contribution in [2.75, 3.05) is 12.1 Å². The topological polar surface area (TPSA) is 18.8 Å². The summed E-state index contributed by atoms with van der Waals surface area (Å²) in [5.74, 6) is 1.06. The quantitative estimate of drug-likeness (QED) is 0.674. The number of rotatable bonds is 1. The van der Waals surface area contributed by atoms with Crippen molar-refractivity contribution in [2.24, 2.45) is 5.10 Å². The minimum Gasteiger partial charge on any atom is -0.340 e.